The average molecular weight is 1020 g/mol. The Morgan fingerprint density at radius 1 is 0.395 bits per heavy atom. The molecule has 1 heterocycles. The van der Waals surface area contributed by atoms with Gasteiger partial charge in [0.05, 0.1) is 21.2 Å². The highest BCUT2D eigenvalue weighted by molar-refractivity contribution is 6.31. The lowest BCUT2D eigenvalue weighted by Gasteiger charge is -2.36. The molecule has 10 rings (SSSR count). The second kappa shape index (κ2) is 20.2. The van der Waals surface area contributed by atoms with Gasteiger partial charge < -0.3 is 14.2 Å². The van der Waals surface area contributed by atoms with E-state index in [-0.39, 0.29) is 39.4 Å². The number of furan rings is 1. The molecular formula is C72H71ClN2O. The number of hydrogen-bond donors (Lipinski definition) is 0. The highest BCUT2D eigenvalue weighted by Gasteiger charge is 2.32. The van der Waals surface area contributed by atoms with Crippen LogP contribution in [0.3, 0.4) is 0 Å². The summed E-state index contributed by atoms with van der Waals surface area (Å²) in [6.45, 7) is 26.9. The van der Waals surface area contributed by atoms with Crippen LogP contribution in [0, 0.1) is 0 Å². The molecule has 1 aromatic heterocycles. The van der Waals surface area contributed by atoms with Gasteiger partial charge in [0.2, 0.25) is 0 Å². The summed E-state index contributed by atoms with van der Waals surface area (Å²) in [4.78, 5) is 4.54. The lowest BCUT2D eigenvalue weighted by molar-refractivity contribution is 0.583. The molecule has 4 heteroatoms. The molecule has 0 unspecified atom stereocenters. The van der Waals surface area contributed by atoms with Gasteiger partial charge in [-0.25, -0.2) is 0 Å². The molecule has 0 spiro atoms. The van der Waals surface area contributed by atoms with E-state index in [2.05, 4.69) is 263 Å². The van der Waals surface area contributed by atoms with E-state index in [1.807, 2.05) is 18.4 Å². The van der Waals surface area contributed by atoms with Crippen molar-refractivity contribution >= 4 is 56.7 Å². The Morgan fingerprint density at radius 2 is 0.776 bits per heavy atom. The van der Waals surface area contributed by atoms with Gasteiger partial charge >= 0.3 is 0 Å². The van der Waals surface area contributed by atoms with Crippen molar-refractivity contribution in [3.05, 3.63) is 240 Å². The minimum absolute atomic E-state index is 0.0499. The SMILES string of the molecule is [2H]c1cc(N(c2cc(N(c3c(-c4ccccc4)cc(C(C)(C)C)cc3-c3ccccc3)c3coc4cc(C(C)(C)C)ccc34)cc(C(C)(C)C)c2)c2c(-c3ccccc3)cc(C(C)(C)C)cc2-c2ccccc2)c([2H])c(Cl)c1[2H]. The van der Waals surface area contributed by atoms with Crippen molar-refractivity contribution in [1.82, 2.24) is 0 Å². The summed E-state index contributed by atoms with van der Waals surface area (Å²) in [7, 11) is 0. The number of benzene rings is 9. The topological polar surface area (TPSA) is 19.6 Å². The quantitative estimate of drug-likeness (QED) is 0.136. The molecule has 0 atom stereocenters. The number of hydrogen-bond acceptors (Lipinski definition) is 3. The molecule has 0 bridgehead atoms. The maximum atomic E-state index is 9.99. The fourth-order valence-electron chi connectivity index (χ4n) is 10.2. The predicted molar refractivity (Wildman–Crippen MR) is 327 cm³/mol. The summed E-state index contributed by atoms with van der Waals surface area (Å²) in [5.74, 6) is 0. The second-order valence-electron chi connectivity index (χ2n) is 24.3. The first-order valence-electron chi connectivity index (χ1n) is 28.0. The predicted octanol–water partition coefficient (Wildman–Crippen LogP) is 21.9. The third-order valence-electron chi connectivity index (χ3n) is 14.6. The van der Waals surface area contributed by atoms with Crippen LogP contribution in [0.5, 0.6) is 0 Å². The number of nitrogens with zero attached hydrogens (tertiary/aromatic N) is 2. The van der Waals surface area contributed by atoms with Crippen molar-refractivity contribution in [2.45, 2.75) is 105 Å². The Balaban J connectivity index is 1.42. The van der Waals surface area contributed by atoms with E-state index in [0.717, 1.165) is 95.0 Å². The van der Waals surface area contributed by atoms with E-state index in [9.17, 15) is 2.74 Å². The third kappa shape index (κ3) is 10.5. The van der Waals surface area contributed by atoms with Crippen LogP contribution in [0.25, 0.3) is 55.5 Å². The maximum Gasteiger partial charge on any atom is 0.136 e. The number of halogens is 1. The van der Waals surface area contributed by atoms with Crippen LogP contribution in [0.4, 0.5) is 34.1 Å². The summed E-state index contributed by atoms with van der Waals surface area (Å²) in [6, 6.07) is 66.3. The van der Waals surface area contributed by atoms with Gasteiger partial charge in [-0.05, 0) is 139 Å². The molecule has 0 saturated heterocycles. The monoisotopic (exact) mass is 1020 g/mol. The van der Waals surface area contributed by atoms with E-state index in [4.69, 9.17) is 17.4 Å². The number of anilines is 6. The average Bonchev–Trinajstić information content (AvgIpc) is 4.09. The van der Waals surface area contributed by atoms with Crippen LogP contribution in [0.15, 0.2) is 217 Å². The van der Waals surface area contributed by atoms with E-state index in [1.165, 1.54) is 11.1 Å². The fraction of sp³-hybridized carbons (Fsp3) is 0.222. The van der Waals surface area contributed by atoms with Gasteiger partial charge in [0.1, 0.15) is 11.8 Å². The molecule has 0 aliphatic rings. The number of rotatable bonds is 10. The van der Waals surface area contributed by atoms with Gasteiger partial charge in [-0.1, -0.05) is 228 Å². The Kier molecular flexibility index (Phi) is 12.8. The van der Waals surface area contributed by atoms with Gasteiger partial charge in [-0.2, -0.15) is 0 Å². The van der Waals surface area contributed by atoms with Crippen LogP contribution in [0.2, 0.25) is 5.02 Å². The molecular weight excluding hydrogens is 944 g/mol. The zero-order chi connectivity index (χ0) is 56.3. The van der Waals surface area contributed by atoms with Crippen molar-refractivity contribution in [1.29, 1.82) is 0 Å². The van der Waals surface area contributed by atoms with Crippen LogP contribution in [0.1, 0.15) is 109 Å². The summed E-state index contributed by atoms with van der Waals surface area (Å²) in [6.07, 6.45) is 1.91. The van der Waals surface area contributed by atoms with Gasteiger partial charge in [-0.3, -0.25) is 0 Å². The van der Waals surface area contributed by atoms with E-state index < -0.39 is 5.41 Å². The largest absolute Gasteiger partial charge is 0.462 e. The van der Waals surface area contributed by atoms with Crippen molar-refractivity contribution in [2.24, 2.45) is 0 Å². The van der Waals surface area contributed by atoms with Crippen LogP contribution >= 0.6 is 11.6 Å². The summed E-state index contributed by atoms with van der Waals surface area (Å²) in [5.41, 5.74) is 17.0. The first kappa shape index (κ1) is 48.1. The molecule has 0 saturated carbocycles. The molecule has 3 nitrogen and oxygen atoms in total. The van der Waals surface area contributed by atoms with E-state index >= 15 is 0 Å². The standard InChI is InChI=1S/C72H71ClN2O/c1-69(2,3)52-36-37-60-65(47-76-66(60)44-52)75(68-63(50-30-21-15-22-31-50)42-55(72(10,11)12)43-64(68)51-32-23-16-24-33-51)59-39-53(70(4,5)6)38-58(46-59)74(57-35-25-34-56(73)45-57)67-61(48-26-17-13-18-27-48)40-54(71(7,8)9)41-62(67)49-28-19-14-20-29-49/h13-47H,1-12H3/i25D,34D,45D. The normalized spacial score (nSPS) is 12.8. The molecule has 0 fully saturated rings. The van der Waals surface area contributed by atoms with Crippen molar-refractivity contribution in [3.63, 3.8) is 0 Å². The van der Waals surface area contributed by atoms with Gasteiger partial charge in [0.25, 0.3) is 0 Å². The zero-order valence-electron chi connectivity index (χ0n) is 49.2. The fourth-order valence-corrected chi connectivity index (χ4v) is 10.3. The van der Waals surface area contributed by atoms with E-state index in [0.29, 0.717) is 5.69 Å². The summed E-state index contributed by atoms with van der Waals surface area (Å²) >= 11 is 7.09. The highest BCUT2D eigenvalue weighted by Crippen LogP contribution is 2.54. The van der Waals surface area contributed by atoms with Crippen molar-refractivity contribution < 1.29 is 8.53 Å². The zero-order valence-corrected chi connectivity index (χ0v) is 46.9. The molecule has 0 radical (unpaired) electrons. The molecule has 10 aromatic rings. The third-order valence-corrected chi connectivity index (χ3v) is 14.7. The van der Waals surface area contributed by atoms with Crippen LogP contribution < -0.4 is 9.80 Å². The molecule has 0 aliphatic carbocycles. The Bertz CT molecular complexity index is 3740. The van der Waals surface area contributed by atoms with E-state index in [1.54, 1.807) is 6.07 Å². The van der Waals surface area contributed by atoms with Crippen LogP contribution in [-0.2, 0) is 21.7 Å². The Labute approximate surface area is 461 Å². The van der Waals surface area contributed by atoms with Crippen molar-refractivity contribution in [2.75, 3.05) is 9.80 Å². The number of fused-ring (bicyclic) bond motifs is 1. The Hall–Kier alpha value is -7.59. The second-order valence-corrected chi connectivity index (χ2v) is 24.7. The molecule has 9 aromatic carbocycles. The molecule has 0 N–H and O–H groups in total. The molecule has 382 valence electrons. The van der Waals surface area contributed by atoms with Gasteiger partial charge in [0, 0.05) is 49.7 Å². The van der Waals surface area contributed by atoms with Gasteiger partial charge in [0.15, 0.2) is 0 Å². The smallest absolute Gasteiger partial charge is 0.136 e. The van der Waals surface area contributed by atoms with Crippen LogP contribution in [-0.4, -0.2) is 0 Å². The first-order valence-corrected chi connectivity index (χ1v) is 26.9. The first-order chi connectivity index (χ1) is 37.4. The summed E-state index contributed by atoms with van der Waals surface area (Å²) in [5, 5.41) is 0.861. The highest BCUT2D eigenvalue weighted by atomic mass is 35.5. The lowest BCUT2D eigenvalue weighted by atomic mass is 9.81. The summed E-state index contributed by atoms with van der Waals surface area (Å²) < 4.78 is 35.0. The molecule has 76 heavy (non-hydrogen) atoms. The maximum absolute atomic E-state index is 9.99. The minimum Gasteiger partial charge on any atom is -0.462 e. The molecule has 0 amide bonds. The lowest BCUT2D eigenvalue weighted by Crippen LogP contribution is -2.20. The Morgan fingerprint density at radius 3 is 1.18 bits per heavy atom. The minimum atomic E-state index is -0.420. The van der Waals surface area contributed by atoms with Gasteiger partial charge in [-0.15, -0.1) is 0 Å². The van der Waals surface area contributed by atoms with Crippen molar-refractivity contribution in [3.8, 4) is 44.5 Å². The molecule has 0 aliphatic heterocycles.